The van der Waals surface area contributed by atoms with Crippen LogP contribution < -0.4 is 9.80 Å². The van der Waals surface area contributed by atoms with Gasteiger partial charge in [0, 0.05) is 31.9 Å². The minimum atomic E-state index is -0.996. The summed E-state index contributed by atoms with van der Waals surface area (Å²) in [5.41, 5.74) is 2.66. The largest absolute Gasteiger partial charge is 0.378 e. The zero-order chi connectivity index (χ0) is 14.3. The molecule has 0 saturated heterocycles. The Morgan fingerprint density at radius 1 is 1.35 bits per heavy atom. The standard InChI is InChI=1S/C16H22N2O2/c1-17(10-11-5-3-4-6-11)12-7-8-13-14(9-12)18(2)16(20)15(13)19/h7-9,11,15,19H,3-6,10H2,1-2H3. The van der Waals surface area contributed by atoms with Crippen molar-refractivity contribution in [3.05, 3.63) is 23.8 Å². The second-order valence-corrected chi connectivity index (χ2v) is 6.07. The molecule has 4 nitrogen and oxygen atoms in total. The average Bonchev–Trinajstić information content (AvgIpc) is 3.03. The molecule has 1 saturated carbocycles. The van der Waals surface area contributed by atoms with Gasteiger partial charge < -0.3 is 14.9 Å². The van der Waals surface area contributed by atoms with Crippen molar-refractivity contribution in [2.24, 2.45) is 5.92 Å². The number of rotatable bonds is 3. The van der Waals surface area contributed by atoms with Gasteiger partial charge in [-0.15, -0.1) is 0 Å². The lowest BCUT2D eigenvalue weighted by Crippen LogP contribution is -2.25. The van der Waals surface area contributed by atoms with Gasteiger partial charge in [-0.25, -0.2) is 0 Å². The summed E-state index contributed by atoms with van der Waals surface area (Å²) in [6.07, 6.45) is 4.36. The number of amides is 1. The quantitative estimate of drug-likeness (QED) is 0.920. The fraction of sp³-hybridized carbons (Fsp3) is 0.562. The SMILES string of the molecule is CN(CC1CCCC1)c1ccc2c(c1)N(C)C(=O)C2O. The third kappa shape index (κ3) is 2.18. The van der Waals surface area contributed by atoms with Gasteiger partial charge in [0.1, 0.15) is 0 Å². The van der Waals surface area contributed by atoms with Crippen LogP contribution in [0.2, 0.25) is 0 Å². The van der Waals surface area contributed by atoms with Gasteiger partial charge >= 0.3 is 0 Å². The second-order valence-electron chi connectivity index (χ2n) is 6.07. The van der Waals surface area contributed by atoms with Crippen molar-refractivity contribution in [2.45, 2.75) is 31.8 Å². The number of nitrogens with zero attached hydrogens (tertiary/aromatic N) is 2. The summed E-state index contributed by atoms with van der Waals surface area (Å²) in [6, 6.07) is 5.89. The Balaban J connectivity index is 1.80. The van der Waals surface area contributed by atoms with Crippen molar-refractivity contribution < 1.29 is 9.90 Å². The molecule has 2 aliphatic rings. The van der Waals surface area contributed by atoms with E-state index in [0.29, 0.717) is 0 Å². The number of carbonyl (C=O) groups is 1. The zero-order valence-corrected chi connectivity index (χ0v) is 12.2. The number of benzene rings is 1. The van der Waals surface area contributed by atoms with E-state index in [1.807, 2.05) is 18.2 Å². The van der Waals surface area contributed by atoms with E-state index in [0.717, 1.165) is 29.4 Å². The van der Waals surface area contributed by atoms with Crippen LogP contribution in [0.4, 0.5) is 11.4 Å². The first-order valence-corrected chi connectivity index (χ1v) is 7.38. The van der Waals surface area contributed by atoms with Crippen LogP contribution in [0, 0.1) is 5.92 Å². The summed E-state index contributed by atoms with van der Waals surface area (Å²) >= 11 is 0. The normalized spacial score (nSPS) is 22.4. The van der Waals surface area contributed by atoms with Gasteiger partial charge in [0.2, 0.25) is 0 Å². The Morgan fingerprint density at radius 2 is 2.05 bits per heavy atom. The lowest BCUT2D eigenvalue weighted by molar-refractivity contribution is -0.125. The van der Waals surface area contributed by atoms with E-state index in [2.05, 4.69) is 11.9 Å². The van der Waals surface area contributed by atoms with Crippen molar-refractivity contribution in [3.63, 3.8) is 0 Å². The molecule has 1 amide bonds. The van der Waals surface area contributed by atoms with Gasteiger partial charge in [0.05, 0.1) is 5.69 Å². The van der Waals surface area contributed by atoms with Gasteiger partial charge in [-0.2, -0.15) is 0 Å². The lowest BCUT2D eigenvalue weighted by atomic mass is 10.1. The number of hydrogen-bond acceptors (Lipinski definition) is 3. The van der Waals surface area contributed by atoms with E-state index < -0.39 is 6.10 Å². The lowest BCUT2D eigenvalue weighted by Gasteiger charge is -2.24. The smallest absolute Gasteiger partial charge is 0.260 e. The monoisotopic (exact) mass is 274 g/mol. The number of fused-ring (bicyclic) bond motifs is 1. The number of aliphatic hydroxyl groups excluding tert-OH is 1. The maximum absolute atomic E-state index is 11.8. The summed E-state index contributed by atoms with van der Waals surface area (Å²) in [5.74, 6) is 0.550. The van der Waals surface area contributed by atoms with Crippen LogP contribution in [0.3, 0.4) is 0 Å². The molecular weight excluding hydrogens is 252 g/mol. The van der Waals surface area contributed by atoms with Crippen molar-refractivity contribution in [2.75, 3.05) is 30.4 Å². The highest BCUT2D eigenvalue weighted by atomic mass is 16.3. The first-order chi connectivity index (χ1) is 9.58. The topological polar surface area (TPSA) is 43.8 Å². The van der Waals surface area contributed by atoms with E-state index in [-0.39, 0.29) is 5.91 Å². The minimum Gasteiger partial charge on any atom is -0.378 e. The average molecular weight is 274 g/mol. The fourth-order valence-corrected chi connectivity index (χ4v) is 3.41. The van der Waals surface area contributed by atoms with Crippen molar-refractivity contribution in [3.8, 4) is 0 Å². The molecule has 4 heteroatoms. The third-order valence-corrected chi connectivity index (χ3v) is 4.68. The molecule has 1 aromatic rings. The van der Waals surface area contributed by atoms with Crippen LogP contribution in [0.1, 0.15) is 37.4 Å². The third-order valence-electron chi connectivity index (χ3n) is 4.68. The molecule has 0 spiro atoms. The Hall–Kier alpha value is -1.55. The highest BCUT2D eigenvalue weighted by molar-refractivity contribution is 6.03. The van der Waals surface area contributed by atoms with E-state index >= 15 is 0 Å². The van der Waals surface area contributed by atoms with Gasteiger partial charge in [-0.3, -0.25) is 4.79 Å². The molecule has 0 bridgehead atoms. The Morgan fingerprint density at radius 3 is 2.75 bits per heavy atom. The maximum atomic E-state index is 11.8. The minimum absolute atomic E-state index is 0.240. The van der Waals surface area contributed by atoms with E-state index in [1.54, 1.807) is 11.9 Å². The van der Waals surface area contributed by atoms with E-state index in [1.165, 1.54) is 25.7 Å². The molecule has 0 aromatic heterocycles. The molecule has 1 unspecified atom stereocenters. The number of hydrogen-bond donors (Lipinski definition) is 1. The Bertz CT molecular complexity index is 523. The fourth-order valence-electron chi connectivity index (χ4n) is 3.41. The number of carbonyl (C=O) groups excluding carboxylic acids is 1. The van der Waals surface area contributed by atoms with Crippen LogP contribution in [-0.4, -0.2) is 31.7 Å². The molecule has 1 aliphatic heterocycles. The number of likely N-dealkylation sites (N-methyl/N-ethyl adjacent to an activating group) is 1. The molecule has 1 heterocycles. The molecular formula is C16H22N2O2. The first-order valence-electron chi connectivity index (χ1n) is 7.38. The summed E-state index contributed by atoms with van der Waals surface area (Å²) in [7, 11) is 3.82. The van der Waals surface area contributed by atoms with Gasteiger partial charge in [-0.1, -0.05) is 18.9 Å². The maximum Gasteiger partial charge on any atom is 0.260 e. The van der Waals surface area contributed by atoms with Crippen LogP contribution in [-0.2, 0) is 4.79 Å². The predicted octanol–water partition coefficient (Wildman–Crippen LogP) is 2.32. The second kappa shape index (κ2) is 5.09. The molecule has 20 heavy (non-hydrogen) atoms. The van der Waals surface area contributed by atoms with Crippen LogP contribution in [0.25, 0.3) is 0 Å². The van der Waals surface area contributed by atoms with Gasteiger partial charge in [0.15, 0.2) is 6.10 Å². The van der Waals surface area contributed by atoms with E-state index in [4.69, 9.17) is 0 Å². The zero-order valence-electron chi connectivity index (χ0n) is 12.2. The molecule has 1 aliphatic carbocycles. The number of aliphatic hydroxyl groups is 1. The van der Waals surface area contributed by atoms with Crippen molar-refractivity contribution in [1.29, 1.82) is 0 Å². The highest BCUT2D eigenvalue weighted by Gasteiger charge is 2.33. The molecule has 1 aromatic carbocycles. The van der Waals surface area contributed by atoms with Gasteiger partial charge in [-0.05, 0) is 30.9 Å². The molecule has 1 fully saturated rings. The summed E-state index contributed by atoms with van der Waals surface area (Å²) in [5, 5.41) is 9.87. The predicted molar refractivity (Wildman–Crippen MR) is 80.0 cm³/mol. The molecule has 108 valence electrons. The van der Waals surface area contributed by atoms with Crippen molar-refractivity contribution >= 4 is 17.3 Å². The molecule has 0 radical (unpaired) electrons. The molecule has 3 rings (SSSR count). The molecule has 1 N–H and O–H groups in total. The van der Waals surface area contributed by atoms with Gasteiger partial charge in [0.25, 0.3) is 5.91 Å². The van der Waals surface area contributed by atoms with Crippen LogP contribution >= 0.6 is 0 Å². The van der Waals surface area contributed by atoms with Crippen LogP contribution in [0.15, 0.2) is 18.2 Å². The molecule has 1 atom stereocenters. The summed E-state index contributed by atoms with van der Waals surface area (Å²) in [4.78, 5) is 15.6. The van der Waals surface area contributed by atoms with Crippen molar-refractivity contribution in [1.82, 2.24) is 0 Å². The summed E-state index contributed by atoms with van der Waals surface area (Å²) < 4.78 is 0. The van der Waals surface area contributed by atoms with E-state index in [9.17, 15) is 9.90 Å². The highest BCUT2D eigenvalue weighted by Crippen LogP contribution is 2.37. The Kier molecular flexibility index (Phi) is 3.42. The Labute approximate surface area is 120 Å². The van der Waals surface area contributed by atoms with Crippen LogP contribution in [0.5, 0.6) is 0 Å². The summed E-state index contributed by atoms with van der Waals surface area (Å²) in [6.45, 7) is 1.07. The first kappa shape index (κ1) is 13.4. The number of anilines is 2.